The molecule has 0 fully saturated rings. The highest BCUT2D eigenvalue weighted by molar-refractivity contribution is 5.69. The number of hydrogen-bond donors (Lipinski definition) is 3. The smallest absolute Gasteiger partial charge is 0.457 e. The first-order chi connectivity index (χ1) is 19.4. The molecule has 41 heavy (non-hydrogen) atoms. The maximum atomic E-state index is 12.4. The molecule has 0 spiro atoms. The summed E-state index contributed by atoms with van der Waals surface area (Å²) in [5.74, 6) is 1.57. The van der Waals surface area contributed by atoms with E-state index in [4.69, 9.17) is 10.5 Å². The molecule has 0 aliphatic heterocycles. The number of alkyl halides is 3. The van der Waals surface area contributed by atoms with E-state index in [1.54, 1.807) is 44.4 Å². The monoisotopic (exact) mass is 580 g/mol. The standard InChI is InChI=1S/C23H28F3N5O2.C4H9NO.C2H6/c1-5-6-17(33-23(24,25)26)8-7-16(2)30-15-31(4)21-10-9-18(13-20(21)27)32-19-11-12-29-22(14-19)28-3;1-5(2)3-4-6;1-2/h6-14,30H,2,5,15,27H2,1,3-4H3,(H,28,29);4H,3H2,1-2H3;1-2H3/b8-7-,17-6+;;. The van der Waals surface area contributed by atoms with E-state index in [2.05, 4.69) is 26.9 Å². The Kier molecular flexibility index (Phi) is 17.8. The lowest BCUT2D eigenvalue weighted by Gasteiger charge is -2.22. The summed E-state index contributed by atoms with van der Waals surface area (Å²) in [7, 11) is 7.29. The van der Waals surface area contributed by atoms with Gasteiger partial charge in [0.05, 0.1) is 24.6 Å². The minimum atomic E-state index is -4.75. The Balaban J connectivity index is 0.00000177. The van der Waals surface area contributed by atoms with Gasteiger partial charge in [-0.25, -0.2) is 4.98 Å². The predicted octanol–water partition coefficient (Wildman–Crippen LogP) is 6.15. The van der Waals surface area contributed by atoms with Gasteiger partial charge in [0.15, 0.2) is 0 Å². The first-order valence-corrected chi connectivity index (χ1v) is 13.0. The molecule has 1 heterocycles. The molecule has 0 aliphatic rings. The molecule has 0 unspecified atom stereocenters. The molecule has 228 valence electrons. The molecule has 0 aliphatic carbocycles. The molecule has 2 rings (SSSR count). The average molecular weight is 581 g/mol. The number of pyridine rings is 1. The zero-order chi connectivity index (χ0) is 31.4. The molecular weight excluding hydrogens is 537 g/mol. The molecule has 0 radical (unpaired) electrons. The van der Waals surface area contributed by atoms with E-state index in [0.717, 1.165) is 12.0 Å². The largest absolute Gasteiger partial charge is 0.573 e. The van der Waals surface area contributed by atoms with Gasteiger partial charge < -0.3 is 40.4 Å². The number of aromatic nitrogens is 1. The van der Waals surface area contributed by atoms with E-state index >= 15 is 0 Å². The molecule has 1 aromatic carbocycles. The maximum Gasteiger partial charge on any atom is 0.573 e. The van der Waals surface area contributed by atoms with Crippen LogP contribution in [0, 0.1) is 0 Å². The molecule has 0 bridgehead atoms. The number of nitrogen functional groups attached to an aromatic ring is 1. The predicted molar refractivity (Wildman–Crippen MR) is 161 cm³/mol. The fraction of sp³-hybridized carbons (Fsp3) is 0.379. The number of nitrogens with one attached hydrogen (secondary N) is 2. The van der Waals surface area contributed by atoms with Crippen LogP contribution in [0.1, 0.15) is 27.2 Å². The topological polar surface area (TPSA) is 105 Å². The van der Waals surface area contributed by atoms with Crippen molar-refractivity contribution in [3.63, 3.8) is 0 Å². The summed E-state index contributed by atoms with van der Waals surface area (Å²) in [5, 5.41) is 5.96. The average Bonchev–Trinajstić information content (AvgIpc) is 2.91. The van der Waals surface area contributed by atoms with Gasteiger partial charge in [0.2, 0.25) is 0 Å². The first kappa shape index (κ1) is 36.8. The molecule has 0 saturated carbocycles. The van der Waals surface area contributed by atoms with Gasteiger partial charge >= 0.3 is 6.36 Å². The molecule has 9 nitrogen and oxygen atoms in total. The van der Waals surface area contributed by atoms with Crippen LogP contribution in [0.15, 0.2) is 72.8 Å². The van der Waals surface area contributed by atoms with E-state index in [9.17, 15) is 18.0 Å². The SMILES string of the molecule is C=C(/C=C\C(=C/CC)OC(F)(F)F)NCN(C)c1ccc(Oc2ccnc(NC)c2)cc1N.CC.CN(C)CC=O. The highest BCUT2D eigenvalue weighted by Crippen LogP contribution is 2.30. The van der Waals surface area contributed by atoms with Crippen molar-refractivity contribution in [2.75, 3.05) is 57.4 Å². The molecule has 4 N–H and O–H groups in total. The van der Waals surface area contributed by atoms with Gasteiger partial charge in [-0.15, -0.1) is 13.2 Å². The zero-order valence-corrected chi connectivity index (χ0v) is 24.9. The molecule has 0 amide bonds. The normalized spacial score (nSPS) is 11.0. The fourth-order valence-corrected chi connectivity index (χ4v) is 2.87. The number of carbonyl (C=O) groups is 1. The molecular formula is C29H43F3N6O3. The van der Waals surface area contributed by atoms with E-state index in [0.29, 0.717) is 48.3 Å². The van der Waals surface area contributed by atoms with Crippen molar-refractivity contribution in [1.82, 2.24) is 15.2 Å². The van der Waals surface area contributed by atoms with Crippen LogP contribution in [-0.2, 0) is 9.53 Å². The zero-order valence-electron chi connectivity index (χ0n) is 24.9. The summed E-state index contributed by atoms with van der Waals surface area (Å²) in [5.41, 5.74) is 7.83. The minimum absolute atomic E-state index is 0.294. The lowest BCUT2D eigenvalue weighted by Crippen LogP contribution is -2.30. The Morgan fingerprint density at radius 3 is 2.29 bits per heavy atom. The number of hydrogen-bond acceptors (Lipinski definition) is 9. The Morgan fingerprint density at radius 2 is 1.78 bits per heavy atom. The number of carbonyl (C=O) groups excluding carboxylic acids is 1. The van der Waals surface area contributed by atoms with Crippen LogP contribution >= 0.6 is 0 Å². The Hall–Kier alpha value is -4.19. The number of ether oxygens (including phenoxy) is 2. The Morgan fingerprint density at radius 1 is 1.12 bits per heavy atom. The summed E-state index contributed by atoms with van der Waals surface area (Å²) in [6.07, 6.45) is 2.12. The van der Waals surface area contributed by atoms with Crippen LogP contribution in [0.3, 0.4) is 0 Å². The van der Waals surface area contributed by atoms with Crippen LogP contribution in [0.25, 0.3) is 0 Å². The Labute approximate surface area is 241 Å². The van der Waals surface area contributed by atoms with Crippen molar-refractivity contribution in [3.05, 3.63) is 72.8 Å². The van der Waals surface area contributed by atoms with Crippen LogP contribution in [-0.4, -0.2) is 63.9 Å². The number of halogens is 3. The highest BCUT2D eigenvalue weighted by atomic mass is 19.4. The summed E-state index contributed by atoms with van der Waals surface area (Å²) in [6, 6.07) is 8.80. The van der Waals surface area contributed by atoms with E-state index in [-0.39, 0.29) is 5.76 Å². The van der Waals surface area contributed by atoms with Crippen LogP contribution < -0.4 is 26.0 Å². The number of nitrogens with two attached hydrogens (primary N) is 1. The number of benzene rings is 1. The van der Waals surface area contributed by atoms with Gasteiger partial charge in [-0.2, -0.15) is 0 Å². The summed E-state index contributed by atoms with van der Waals surface area (Å²) < 4.78 is 47.1. The second-order valence-electron chi connectivity index (χ2n) is 8.33. The van der Waals surface area contributed by atoms with Gasteiger partial charge in [-0.05, 0) is 56.9 Å². The summed E-state index contributed by atoms with van der Waals surface area (Å²) >= 11 is 0. The third-order valence-electron chi connectivity index (χ3n) is 4.70. The van der Waals surface area contributed by atoms with Crippen LogP contribution in [0.4, 0.5) is 30.4 Å². The highest BCUT2D eigenvalue weighted by Gasteiger charge is 2.31. The van der Waals surface area contributed by atoms with Gasteiger partial charge in [0.25, 0.3) is 0 Å². The van der Waals surface area contributed by atoms with E-state index < -0.39 is 6.36 Å². The van der Waals surface area contributed by atoms with E-state index in [1.165, 1.54) is 18.2 Å². The van der Waals surface area contributed by atoms with Gasteiger partial charge in [0, 0.05) is 38.1 Å². The molecule has 12 heteroatoms. The van der Waals surface area contributed by atoms with Crippen molar-refractivity contribution in [3.8, 4) is 11.5 Å². The number of nitrogens with zero attached hydrogens (tertiary/aromatic N) is 3. The van der Waals surface area contributed by atoms with Gasteiger partial charge in [-0.1, -0.05) is 27.4 Å². The van der Waals surface area contributed by atoms with Crippen LogP contribution in [0.5, 0.6) is 11.5 Å². The molecule has 0 saturated heterocycles. The number of anilines is 3. The fourth-order valence-electron chi connectivity index (χ4n) is 2.87. The number of aldehydes is 1. The van der Waals surface area contributed by atoms with E-state index in [1.807, 2.05) is 50.9 Å². The molecule has 0 atom stereocenters. The van der Waals surface area contributed by atoms with Crippen LogP contribution in [0.2, 0.25) is 0 Å². The van der Waals surface area contributed by atoms with Gasteiger partial charge in [0.1, 0.15) is 29.4 Å². The second-order valence-corrected chi connectivity index (χ2v) is 8.33. The lowest BCUT2D eigenvalue weighted by molar-refractivity contribution is -0.303. The second kappa shape index (κ2) is 19.8. The number of likely N-dealkylation sites (N-methyl/N-ethyl adjacent to an activating group) is 1. The molecule has 1 aromatic heterocycles. The third-order valence-corrected chi connectivity index (χ3v) is 4.70. The van der Waals surface area contributed by atoms with Crippen molar-refractivity contribution in [2.45, 2.75) is 33.6 Å². The lowest BCUT2D eigenvalue weighted by atomic mass is 10.2. The van der Waals surface area contributed by atoms with Crippen molar-refractivity contribution in [1.29, 1.82) is 0 Å². The Bertz CT molecular complexity index is 1120. The quantitative estimate of drug-likeness (QED) is 0.0845. The summed E-state index contributed by atoms with van der Waals surface area (Å²) in [4.78, 5) is 17.4. The summed E-state index contributed by atoms with van der Waals surface area (Å²) in [6.45, 7) is 10.4. The first-order valence-electron chi connectivity index (χ1n) is 13.0. The molecule has 2 aromatic rings. The van der Waals surface area contributed by atoms with Crippen molar-refractivity contribution in [2.24, 2.45) is 0 Å². The number of rotatable bonds is 13. The third kappa shape index (κ3) is 16.5. The maximum absolute atomic E-state index is 12.4. The van der Waals surface area contributed by atoms with Crippen molar-refractivity contribution >= 4 is 23.5 Å². The van der Waals surface area contributed by atoms with Gasteiger partial charge in [-0.3, -0.25) is 0 Å². The minimum Gasteiger partial charge on any atom is -0.457 e. The van der Waals surface area contributed by atoms with Crippen molar-refractivity contribution < 1.29 is 27.4 Å². The number of allylic oxidation sites excluding steroid dienone is 3.